The molecule has 24 heavy (non-hydrogen) atoms. The number of nitrogens with two attached hydrogens (primary N) is 2. The Hall–Kier alpha value is -3.06. The second kappa shape index (κ2) is 7.98. The Labute approximate surface area is 138 Å². The van der Waals surface area contributed by atoms with Gasteiger partial charge in [-0.1, -0.05) is 18.2 Å². The van der Waals surface area contributed by atoms with Crippen LogP contribution in [0, 0.1) is 0 Å². The zero-order valence-corrected chi connectivity index (χ0v) is 13.4. The van der Waals surface area contributed by atoms with Crippen LogP contribution in [-0.4, -0.2) is 29.2 Å². The van der Waals surface area contributed by atoms with Crippen molar-refractivity contribution in [2.45, 2.75) is 6.54 Å². The summed E-state index contributed by atoms with van der Waals surface area (Å²) < 4.78 is 6.13. The molecule has 0 aliphatic carbocycles. The van der Waals surface area contributed by atoms with Gasteiger partial charge < -0.3 is 21.2 Å². The van der Waals surface area contributed by atoms with Gasteiger partial charge in [0.05, 0.1) is 23.7 Å². The highest BCUT2D eigenvalue weighted by molar-refractivity contribution is 5.93. The van der Waals surface area contributed by atoms with Gasteiger partial charge in [0.25, 0.3) is 0 Å². The van der Waals surface area contributed by atoms with Gasteiger partial charge in [-0.25, -0.2) is 9.59 Å². The quantitative estimate of drug-likeness (QED) is 0.495. The predicted octanol–water partition coefficient (Wildman–Crippen LogP) is 1.34. The summed E-state index contributed by atoms with van der Waals surface area (Å²) in [5.41, 5.74) is 13.1. The van der Waals surface area contributed by atoms with E-state index in [-0.39, 0.29) is 5.69 Å². The molecule has 0 aliphatic rings. The number of carbonyl (C=O) groups is 1. The molecule has 3 aromatic rings. The maximum atomic E-state index is 11.6. The highest BCUT2D eigenvalue weighted by atomic mass is 16.5. The van der Waals surface area contributed by atoms with Crippen LogP contribution < -0.4 is 17.2 Å². The lowest BCUT2D eigenvalue weighted by atomic mass is 10.2. The van der Waals surface area contributed by atoms with E-state index in [1.165, 1.54) is 11.7 Å². The van der Waals surface area contributed by atoms with Gasteiger partial charge in [0.15, 0.2) is 0 Å². The molecule has 0 saturated carbocycles. The molecule has 0 amide bonds. The molecular weight excluding hydrogens is 308 g/mol. The predicted molar refractivity (Wildman–Crippen MR) is 93.8 cm³/mol. The number of aromatic amines is 1. The lowest BCUT2D eigenvalue weighted by Gasteiger charge is -2.02. The molecule has 3 rings (SSSR count). The number of anilines is 1. The molecule has 1 aromatic heterocycles. The van der Waals surface area contributed by atoms with E-state index in [2.05, 4.69) is 9.72 Å². The molecule has 7 nitrogen and oxygen atoms in total. The van der Waals surface area contributed by atoms with E-state index < -0.39 is 5.97 Å². The van der Waals surface area contributed by atoms with Crippen LogP contribution in [0.5, 0.6) is 0 Å². The fraction of sp³-hybridized carbons (Fsp3) is 0.176. The van der Waals surface area contributed by atoms with Gasteiger partial charge in [-0.2, -0.15) is 0 Å². The van der Waals surface area contributed by atoms with Crippen LogP contribution in [0.15, 0.2) is 53.3 Å². The molecule has 5 N–H and O–H groups in total. The zero-order valence-electron chi connectivity index (χ0n) is 13.4. The largest absolute Gasteiger partial charge is 0.465 e. The number of hydrogen-bond donors (Lipinski definition) is 3. The third kappa shape index (κ3) is 4.02. The number of H-pyrrole nitrogens is 1. The number of nitrogen functional groups attached to an aromatic ring is 1. The highest BCUT2D eigenvalue weighted by Gasteiger charge is 2.10. The average molecular weight is 328 g/mol. The van der Waals surface area contributed by atoms with Crippen molar-refractivity contribution in [1.82, 2.24) is 9.55 Å². The van der Waals surface area contributed by atoms with Crippen LogP contribution in [0.3, 0.4) is 0 Å². The van der Waals surface area contributed by atoms with Crippen molar-refractivity contribution in [2.24, 2.45) is 5.73 Å². The Morgan fingerprint density at radius 1 is 1.21 bits per heavy atom. The fourth-order valence-corrected chi connectivity index (χ4v) is 2.20. The van der Waals surface area contributed by atoms with Crippen LogP contribution in [0.2, 0.25) is 0 Å². The lowest BCUT2D eigenvalue weighted by molar-refractivity contribution is 0.0601. The molecule has 0 atom stereocenters. The Morgan fingerprint density at radius 2 is 1.92 bits per heavy atom. The number of ether oxygens (including phenoxy) is 1. The number of imidazole rings is 1. The monoisotopic (exact) mass is 328 g/mol. The van der Waals surface area contributed by atoms with Gasteiger partial charge in [-0.15, -0.1) is 0 Å². The standard InChI is InChI=1S/C11H13N3O3.C6H7N/c1-17-10(15)7-2-3-8-9(6-7)14(5-4-12)11(16)13-8;7-6-4-2-1-3-5-6/h2-3,6H,4-5,12H2,1H3,(H,13,16);1-5H,7H2. The number of esters is 1. The van der Waals surface area contributed by atoms with Crippen molar-refractivity contribution in [2.75, 3.05) is 19.4 Å². The lowest BCUT2D eigenvalue weighted by Crippen LogP contribution is -2.21. The van der Waals surface area contributed by atoms with Gasteiger partial charge >= 0.3 is 11.7 Å². The minimum Gasteiger partial charge on any atom is -0.465 e. The number of benzene rings is 2. The van der Waals surface area contributed by atoms with Gasteiger partial charge in [-0.3, -0.25) is 4.57 Å². The third-order valence-electron chi connectivity index (χ3n) is 3.35. The van der Waals surface area contributed by atoms with Crippen molar-refractivity contribution < 1.29 is 9.53 Å². The molecule has 126 valence electrons. The molecule has 0 aliphatic heterocycles. The van der Waals surface area contributed by atoms with Crippen molar-refractivity contribution in [3.8, 4) is 0 Å². The maximum Gasteiger partial charge on any atom is 0.337 e. The fourth-order valence-electron chi connectivity index (χ4n) is 2.20. The first kappa shape index (κ1) is 17.3. The second-order valence-electron chi connectivity index (χ2n) is 5.00. The third-order valence-corrected chi connectivity index (χ3v) is 3.35. The van der Waals surface area contributed by atoms with Crippen LogP contribution in [0.4, 0.5) is 5.69 Å². The number of carbonyl (C=O) groups excluding carboxylic acids is 1. The van der Waals surface area contributed by atoms with E-state index >= 15 is 0 Å². The van der Waals surface area contributed by atoms with E-state index in [1.54, 1.807) is 18.2 Å². The van der Waals surface area contributed by atoms with E-state index in [0.29, 0.717) is 29.7 Å². The molecular formula is C17H20N4O3. The number of methoxy groups -OCH3 is 1. The minimum absolute atomic E-state index is 0.229. The maximum absolute atomic E-state index is 11.6. The van der Waals surface area contributed by atoms with Gasteiger partial charge in [0, 0.05) is 18.8 Å². The summed E-state index contributed by atoms with van der Waals surface area (Å²) >= 11 is 0. The van der Waals surface area contributed by atoms with E-state index in [4.69, 9.17) is 11.5 Å². The number of aromatic nitrogens is 2. The first-order chi connectivity index (χ1) is 11.6. The molecule has 2 aromatic carbocycles. The Kier molecular flexibility index (Phi) is 5.75. The molecule has 0 saturated heterocycles. The van der Waals surface area contributed by atoms with Crippen molar-refractivity contribution in [1.29, 1.82) is 0 Å². The van der Waals surface area contributed by atoms with E-state index in [9.17, 15) is 9.59 Å². The molecule has 0 spiro atoms. The number of hydrogen-bond acceptors (Lipinski definition) is 5. The Bertz CT molecular complexity index is 868. The topological polar surface area (TPSA) is 116 Å². The average Bonchev–Trinajstić information content (AvgIpc) is 2.91. The summed E-state index contributed by atoms with van der Waals surface area (Å²) in [6.45, 7) is 0.763. The minimum atomic E-state index is -0.431. The molecule has 0 radical (unpaired) electrons. The summed E-state index contributed by atoms with van der Waals surface area (Å²) in [5.74, 6) is -0.431. The first-order valence-corrected chi connectivity index (χ1v) is 7.38. The van der Waals surface area contributed by atoms with Gasteiger partial charge in [-0.05, 0) is 30.3 Å². The van der Waals surface area contributed by atoms with Gasteiger partial charge in [0.1, 0.15) is 0 Å². The van der Waals surface area contributed by atoms with Crippen LogP contribution in [-0.2, 0) is 11.3 Å². The van der Waals surface area contributed by atoms with Crippen LogP contribution in [0.25, 0.3) is 11.0 Å². The Balaban J connectivity index is 0.000000249. The summed E-state index contributed by atoms with van der Waals surface area (Å²) in [7, 11) is 1.32. The van der Waals surface area contributed by atoms with Gasteiger partial charge in [0.2, 0.25) is 0 Å². The SMILES string of the molecule is COC(=O)c1ccc2[nH]c(=O)n(CCN)c2c1.Nc1ccccc1. The molecule has 0 fully saturated rings. The summed E-state index contributed by atoms with van der Waals surface area (Å²) in [6, 6.07) is 14.4. The normalized spacial score (nSPS) is 10.1. The molecule has 0 bridgehead atoms. The van der Waals surface area contributed by atoms with E-state index in [1.807, 2.05) is 30.3 Å². The number of para-hydroxylation sites is 1. The second-order valence-corrected chi connectivity index (χ2v) is 5.00. The summed E-state index contributed by atoms with van der Waals surface area (Å²) in [5, 5.41) is 0. The molecule has 1 heterocycles. The first-order valence-electron chi connectivity index (χ1n) is 7.38. The Morgan fingerprint density at radius 3 is 2.46 bits per heavy atom. The van der Waals surface area contributed by atoms with Crippen molar-refractivity contribution >= 4 is 22.7 Å². The van der Waals surface area contributed by atoms with E-state index in [0.717, 1.165) is 5.69 Å². The van der Waals surface area contributed by atoms with Crippen LogP contribution >= 0.6 is 0 Å². The summed E-state index contributed by atoms with van der Waals surface area (Å²) in [6.07, 6.45) is 0. The van der Waals surface area contributed by atoms with Crippen LogP contribution in [0.1, 0.15) is 10.4 Å². The number of nitrogens with zero attached hydrogens (tertiary/aromatic N) is 1. The molecule has 7 heteroatoms. The molecule has 0 unspecified atom stereocenters. The summed E-state index contributed by atoms with van der Waals surface area (Å²) in [4.78, 5) is 25.7. The number of rotatable bonds is 3. The zero-order chi connectivity index (χ0) is 17.5. The number of fused-ring (bicyclic) bond motifs is 1. The smallest absolute Gasteiger partial charge is 0.337 e. The highest BCUT2D eigenvalue weighted by Crippen LogP contribution is 2.13. The van der Waals surface area contributed by atoms with Crippen molar-refractivity contribution in [3.63, 3.8) is 0 Å². The van der Waals surface area contributed by atoms with Crippen molar-refractivity contribution in [3.05, 3.63) is 64.6 Å². The number of nitrogens with one attached hydrogen (secondary N) is 1.